The summed E-state index contributed by atoms with van der Waals surface area (Å²) in [6.45, 7) is 1.83. The Hall–Kier alpha value is -5.43. The Balaban J connectivity index is 1.44. The van der Waals surface area contributed by atoms with Gasteiger partial charge in [-0.25, -0.2) is 9.67 Å². The summed E-state index contributed by atoms with van der Waals surface area (Å²) in [5.41, 5.74) is 3.02. The molecule has 0 atom stereocenters. The lowest BCUT2D eigenvalue weighted by atomic mass is 10.1. The van der Waals surface area contributed by atoms with Crippen LogP contribution in [-0.2, 0) is 11.8 Å². The quantitative estimate of drug-likeness (QED) is 0.251. The summed E-state index contributed by atoms with van der Waals surface area (Å²) in [7, 11) is 1.81. The van der Waals surface area contributed by atoms with E-state index < -0.39 is 0 Å². The minimum absolute atomic E-state index is 0.227. The largest absolute Gasteiger partial charge is 0.457 e. The van der Waals surface area contributed by atoms with Gasteiger partial charge in [-0.05, 0) is 55.0 Å². The second-order valence-electron chi connectivity index (χ2n) is 9.37. The smallest absolute Gasteiger partial charge is 0.296 e. The minimum Gasteiger partial charge on any atom is -0.457 e. The highest BCUT2D eigenvalue weighted by Crippen LogP contribution is 2.30. The second-order valence-corrected chi connectivity index (χ2v) is 9.37. The van der Waals surface area contributed by atoms with Crippen LogP contribution in [0.3, 0.4) is 0 Å². The second kappa shape index (κ2) is 10.4. The van der Waals surface area contributed by atoms with E-state index in [0.29, 0.717) is 28.7 Å². The van der Waals surface area contributed by atoms with Gasteiger partial charge in [0, 0.05) is 12.6 Å². The molecule has 7 heteroatoms. The molecule has 0 saturated heterocycles. The summed E-state index contributed by atoms with van der Waals surface area (Å²) in [5, 5.41) is 0. The molecule has 196 valence electrons. The van der Waals surface area contributed by atoms with Gasteiger partial charge in [0.15, 0.2) is 0 Å². The molecule has 1 aliphatic rings. The molecule has 1 amide bonds. The fraction of sp³-hybridized carbons (Fsp3) is 0.0606. The first kappa shape index (κ1) is 24.9. The SMILES string of the molecule is Cc1c(N2C(=O)/C(=C\c3cccc(Oc4ccccc4)c3)N=C2c2ccccc2)c(=O)n(-c2ccccc2)n1C. The number of rotatable bonds is 6. The third-order valence-corrected chi connectivity index (χ3v) is 6.78. The number of aromatic nitrogens is 2. The molecule has 0 fully saturated rings. The van der Waals surface area contributed by atoms with Crippen LogP contribution in [0.2, 0.25) is 0 Å². The van der Waals surface area contributed by atoms with E-state index in [4.69, 9.17) is 9.73 Å². The van der Waals surface area contributed by atoms with E-state index in [2.05, 4.69) is 0 Å². The molecule has 0 saturated carbocycles. The van der Waals surface area contributed by atoms with E-state index in [1.807, 2.05) is 129 Å². The maximum Gasteiger partial charge on any atom is 0.296 e. The van der Waals surface area contributed by atoms with E-state index in [0.717, 1.165) is 11.1 Å². The van der Waals surface area contributed by atoms with Gasteiger partial charge in [-0.3, -0.25) is 19.2 Å². The molecule has 0 bridgehead atoms. The van der Waals surface area contributed by atoms with Crippen LogP contribution < -0.4 is 15.2 Å². The van der Waals surface area contributed by atoms with E-state index >= 15 is 0 Å². The Morgan fingerprint density at radius 2 is 1.38 bits per heavy atom. The van der Waals surface area contributed by atoms with Gasteiger partial charge in [0.1, 0.15) is 28.7 Å². The van der Waals surface area contributed by atoms with Crippen molar-refractivity contribution in [1.29, 1.82) is 0 Å². The maximum atomic E-state index is 14.0. The maximum absolute atomic E-state index is 14.0. The van der Waals surface area contributed by atoms with E-state index in [-0.39, 0.29) is 22.9 Å². The standard InChI is InChI=1S/C33H26N4O3/c1-23-30(33(39)37(35(23)2)26-16-8-4-9-17-26)36-31(25-14-6-3-7-15-25)34-29(32(36)38)22-24-13-12-20-28(21-24)40-27-18-10-5-11-19-27/h3-22H,1-2H3/b29-22+. The molecular weight excluding hydrogens is 500 g/mol. The number of aliphatic imine (C=N–C) groups is 1. The predicted octanol–water partition coefficient (Wildman–Crippen LogP) is 6.11. The van der Waals surface area contributed by atoms with Crippen molar-refractivity contribution in [2.45, 2.75) is 6.92 Å². The molecule has 0 N–H and O–H groups in total. The van der Waals surface area contributed by atoms with Crippen molar-refractivity contribution in [1.82, 2.24) is 9.36 Å². The molecular formula is C33H26N4O3. The summed E-state index contributed by atoms with van der Waals surface area (Å²) >= 11 is 0. The van der Waals surface area contributed by atoms with Crippen LogP contribution in [-0.4, -0.2) is 21.1 Å². The third-order valence-electron chi connectivity index (χ3n) is 6.78. The number of hydrogen-bond donors (Lipinski definition) is 0. The number of anilines is 1. The van der Waals surface area contributed by atoms with Crippen LogP contribution in [0.4, 0.5) is 5.69 Å². The summed E-state index contributed by atoms with van der Waals surface area (Å²) in [4.78, 5) is 34.0. The molecule has 40 heavy (non-hydrogen) atoms. The van der Waals surface area contributed by atoms with Crippen molar-refractivity contribution in [3.05, 3.63) is 148 Å². The number of amidine groups is 1. The Labute approximate surface area is 231 Å². The van der Waals surface area contributed by atoms with Crippen LogP contribution in [0.25, 0.3) is 11.8 Å². The van der Waals surface area contributed by atoms with E-state index in [1.54, 1.807) is 15.4 Å². The Bertz CT molecular complexity index is 1820. The van der Waals surface area contributed by atoms with Gasteiger partial charge in [0.2, 0.25) is 0 Å². The number of amides is 1. The van der Waals surface area contributed by atoms with Crippen molar-refractivity contribution in [2.24, 2.45) is 12.0 Å². The Morgan fingerprint density at radius 3 is 2.08 bits per heavy atom. The summed E-state index contributed by atoms with van der Waals surface area (Å²) in [6, 6.07) is 35.7. The van der Waals surface area contributed by atoms with Crippen molar-refractivity contribution < 1.29 is 9.53 Å². The monoisotopic (exact) mass is 526 g/mol. The molecule has 1 aromatic heterocycles. The number of hydrogen-bond acceptors (Lipinski definition) is 4. The first-order valence-electron chi connectivity index (χ1n) is 12.9. The molecule has 7 nitrogen and oxygen atoms in total. The highest BCUT2D eigenvalue weighted by atomic mass is 16.5. The highest BCUT2D eigenvalue weighted by molar-refractivity contribution is 6.33. The summed E-state index contributed by atoms with van der Waals surface area (Å²) in [5.74, 6) is 1.38. The Morgan fingerprint density at radius 1 is 0.750 bits per heavy atom. The summed E-state index contributed by atoms with van der Waals surface area (Å²) in [6.07, 6.45) is 1.72. The molecule has 5 aromatic rings. The van der Waals surface area contributed by atoms with Crippen molar-refractivity contribution in [2.75, 3.05) is 4.90 Å². The van der Waals surface area contributed by atoms with Crippen molar-refractivity contribution in [3.63, 3.8) is 0 Å². The molecule has 0 radical (unpaired) electrons. The van der Waals surface area contributed by atoms with Gasteiger partial charge in [-0.1, -0.05) is 78.9 Å². The zero-order chi connectivity index (χ0) is 27.6. The predicted molar refractivity (Wildman–Crippen MR) is 157 cm³/mol. The van der Waals surface area contributed by atoms with Crippen LogP contribution in [0.15, 0.2) is 131 Å². The van der Waals surface area contributed by atoms with Crippen LogP contribution in [0.1, 0.15) is 16.8 Å². The van der Waals surface area contributed by atoms with Gasteiger partial charge in [0.25, 0.3) is 11.5 Å². The lowest BCUT2D eigenvalue weighted by Crippen LogP contribution is -2.36. The lowest BCUT2D eigenvalue weighted by Gasteiger charge is -2.17. The van der Waals surface area contributed by atoms with Crippen LogP contribution in [0, 0.1) is 6.92 Å². The van der Waals surface area contributed by atoms with Crippen LogP contribution >= 0.6 is 0 Å². The molecule has 1 aliphatic heterocycles. The highest BCUT2D eigenvalue weighted by Gasteiger charge is 2.37. The fourth-order valence-electron chi connectivity index (χ4n) is 4.77. The Kier molecular flexibility index (Phi) is 6.46. The van der Waals surface area contributed by atoms with Crippen LogP contribution in [0.5, 0.6) is 11.5 Å². The first-order valence-corrected chi connectivity index (χ1v) is 12.9. The van der Waals surface area contributed by atoms with Crippen molar-refractivity contribution in [3.8, 4) is 17.2 Å². The number of carbonyl (C=O) groups is 1. The van der Waals surface area contributed by atoms with Gasteiger partial charge in [-0.15, -0.1) is 0 Å². The van der Waals surface area contributed by atoms with Gasteiger partial charge < -0.3 is 4.74 Å². The molecule has 0 unspecified atom stereocenters. The fourth-order valence-corrected chi connectivity index (χ4v) is 4.77. The zero-order valence-corrected chi connectivity index (χ0v) is 22.1. The van der Waals surface area contributed by atoms with E-state index in [1.165, 1.54) is 4.90 Å². The van der Waals surface area contributed by atoms with Crippen molar-refractivity contribution >= 4 is 23.5 Å². The molecule has 0 aliphatic carbocycles. The average Bonchev–Trinajstić information content (AvgIpc) is 3.41. The number of nitrogens with zero attached hydrogens (tertiary/aromatic N) is 4. The van der Waals surface area contributed by atoms with Gasteiger partial charge >= 0.3 is 0 Å². The normalized spacial score (nSPS) is 14.1. The van der Waals surface area contributed by atoms with E-state index in [9.17, 15) is 9.59 Å². The number of benzene rings is 4. The molecule has 4 aromatic carbocycles. The number of carbonyl (C=O) groups excluding carboxylic acids is 1. The number of para-hydroxylation sites is 2. The zero-order valence-electron chi connectivity index (χ0n) is 22.1. The topological polar surface area (TPSA) is 68.8 Å². The van der Waals surface area contributed by atoms with Gasteiger partial charge in [0.05, 0.1) is 11.4 Å². The van der Waals surface area contributed by atoms with Gasteiger partial charge in [-0.2, -0.15) is 0 Å². The third kappa shape index (κ3) is 4.54. The molecule has 0 spiro atoms. The summed E-state index contributed by atoms with van der Waals surface area (Å²) < 4.78 is 9.29. The lowest BCUT2D eigenvalue weighted by molar-refractivity contribution is -0.113. The average molecular weight is 527 g/mol. The minimum atomic E-state index is -0.376. The molecule has 6 rings (SSSR count). The number of ether oxygens (including phenoxy) is 1. The first-order chi connectivity index (χ1) is 19.5. The molecule has 2 heterocycles.